The first-order chi connectivity index (χ1) is 10.2. The Morgan fingerprint density at radius 3 is 2.81 bits per heavy atom. The molecule has 2 aliphatic rings. The maximum Gasteiger partial charge on any atom is 0.326 e. The van der Waals surface area contributed by atoms with E-state index in [0.29, 0.717) is 11.7 Å². The number of hydrogen-bond acceptors (Lipinski definition) is 3. The van der Waals surface area contributed by atoms with Gasteiger partial charge in [-0.05, 0) is 41.7 Å². The molecular formula is C18H16O3. The van der Waals surface area contributed by atoms with Gasteiger partial charge < -0.3 is 9.47 Å². The highest BCUT2D eigenvalue weighted by molar-refractivity contribution is 5.96. The largest absolute Gasteiger partial charge is 0.497 e. The van der Waals surface area contributed by atoms with Gasteiger partial charge in [-0.15, -0.1) is 0 Å². The zero-order valence-corrected chi connectivity index (χ0v) is 12.1. The number of methoxy groups -OCH3 is 1. The van der Waals surface area contributed by atoms with Gasteiger partial charge in [-0.25, -0.2) is 0 Å². The van der Waals surface area contributed by atoms with Gasteiger partial charge in [0.1, 0.15) is 16.9 Å². The van der Waals surface area contributed by atoms with E-state index in [9.17, 15) is 4.79 Å². The van der Waals surface area contributed by atoms with Crippen molar-refractivity contribution in [2.75, 3.05) is 7.11 Å². The third-order valence-electron chi connectivity index (χ3n) is 4.76. The molecule has 21 heavy (non-hydrogen) atoms. The van der Waals surface area contributed by atoms with Gasteiger partial charge in [0.25, 0.3) is 0 Å². The van der Waals surface area contributed by atoms with Gasteiger partial charge in [0.05, 0.1) is 7.11 Å². The Bertz CT molecular complexity index is 750. The number of carbonyl (C=O) groups is 1. The summed E-state index contributed by atoms with van der Waals surface area (Å²) in [5, 5.41) is 0. The van der Waals surface area contributed by atoms with Crippen molar-refractivity contribution in [3.8, 4) is 11.5 Å². The third kappa shape index (κ3) is 1.46. The molecule has 2 aromatic carbocycles. The highest BCUT2D eigenvalue weighted by Gasteiger charge is 2.55. The molecule has 0 aromatic heterocycles. The topological polar surface area (TPSA) is 35.5 Å². The normalized spacial score (nSPS) is 25.6. The first-order valence-electron chi connectivity index (χ1n) is 7.17. The second kappa shape index (κ2) is 4.10. The lowest BCUT2D eigenvalue weighted by atomic mass is 9.76. The highest BCUT2D eigenvalue weighted by atomic mass is 16.5. The molecule has 106 valence electrons. The minimum Gasteiger partial charge on any atom is -0.497 e. The maximum absolute atomic E-state index is 12.7. The summed E-state index contributed by atoms with van der Waals surface area (Å²) >= 11 is 0. The predicted molar refractivity (Wildman–Crippen MR) is 78.9 cm³/mol. The molecule has 0 saturated heterocycles. The average Bonchev–Trinajstić information content (AvgIpc) is 2.96. The van der Waals surface area contributed by atoms with Crippen LogP contribution in [0.5, 0.6) is 11.5 Å². The number of hydrogen-bond donors (Lipinski definition) is 0. The van der Waals surface area contributed by atoms with Crippen LogP contribution in [0.3, 0.4) is 0 Å². The Morgan fingerprint density at radius 2 is 2.00 bits per heavy atom. The van der Waals surface area contributed by atoms with Crippen LogP contribution in [0, 0.1) is 0 Å². The number of rotatable bonds is 1. The number of benzene rings is 2. The smallest absolute Gasteiger partial charge is 0.326 e. The fourth-order valence-corrected chi connectivity index (χ4v) is 3.80. The van der Waals surface area contributed by atoms with Crippen molar-refractivity contribution >= 4 is 5.97 Å². The molecule has 3 heteroatoms. The quantitative estimate of drug-likeness (QED) is 0.593. The standard InChI is InChI=1S/C18H16O3/c1-11-10-18(14-6-4-3-5-13(11)14)15-9-12(20-2)7-8-16(15)21-17(18)19/h3-9,11H,10H2,1-2H3. The summed E-state index contributed by atoms with van der Waals surface area (Å²) in [5.74, 6) is 1.58. The zero-order valence-electron chi connectivity index (χ0n) is 12.1. The molecule has 0 amide bonds. The van der Waals surface area contributed by atoms with Crippen molar-refractivity contribution in [2.45, 2.75) is 24.7 Å². The van der Waals surface area contributed by atoms with Crippen LogP contribution in [-0.2, 0) is 10.2 Å². The molecule has 2 atom stereocenters. The van der Waals surface area contributed by atoms with E-state index in [4.69, 9.17) is 9.47 Å². The summed E-state index contributed by atoms with van der Waals surface area (Å²) in [6, 6.07) is 13.8. The lowest BCUT2D eigenvalue weighted by Crippen LogP contribution is -2.32. The van der Waals surface area contributed by atoms with Crippen LogP contribution >= 0.6 is 0 Å². The molecule has 1 heterocycles. The predicted octanol–water partition coefficient (Wildman–Crippen LogP) is 3.41. The zero-order chi connectivity index (χ0) is 14.6. The third-order valence-corrected chi connectivity index (χ3v) is 4.76. The van der Waals surface area contributed by atoms with E-state index in [1.807, 2.05) is 30.3 Å². The molecule has 0 saturated carbocycles. The Labute approximate surface area is 123 Å². The van der Waals surface area contributed by atoms with Crippen molar-refractivity contribution in [3.63, 3.8) is 0 Å². The summed E-state index contributed by atoms with van der Waals surface area (Å²) in [7, 11) is 1.64. The second-order valence-electron chi connectivity index (χ2n) is 5.85. The van der Waals surface area contributed by atoms with Gasteiger partial charge in [-0.2, -0.15) is 0 Å². The fraction of sp³-hybridized carbons (Fsp3) is 0.278. The van der Waals surface area contributed by atoms with Crippen molar-refractivity contribution in [1.29, 1.82) is 0 Å². The van der Waals surface area contributed by atoms with E-state index in [1.54, 1.807) is 7.11 Å². The van der Waals surface area contributed by atoms with E-state index in [2.05, 4.69) is 19.1 Å². The molecular weight excluding hydrogens is 264 g/mol. The van der Waals surface area contributed by atoms with E-state index in [0.717, 1.165) is 23.3 Å². The number of carbonyl (C=O) groups excluding carboxylic acids is 1. The van der Waals surface area contributed by atoms with Crippen LogP contribution in [0.2, 0.25) is 0 Å². The summed E-state index contributed by atoms with van der Waals surface area (Å²) in [4.78, 5) is 12.7. The molecule has 0 N–H and O–H groups in total. The number of esters is 1. The Morgan fingerprint density at radius 1 is 1.19 bits per heavy atom. The molecule has 1 spiro atoms. The van der Waals surface area contributed by atoms with Crippen molar-refractivity contribution < 1.29 is 14.3 Å². The molecule has 0 radical (unpaired) electrons. The van der Waals surface area contributed by atoms with Crippen LogP contribution in [-0.4, -0.2) is 13.1 Å². The van der Waals surface area contributed by atoms with Gasteiger partial charge >= 0.3 is 5.97 Å². The summed E-state index contributed by atoms with van der Waals surface area (Å²) in [5.41, 5.74) is 2.59. The summed E-state index contributed by atoms with van der Waals surface area (Å²) < 4.78 is 10.9. The van der Waals surface area contributed by atoms with Gasteiger partial charge in [-0.3, -0.25) is 4.79 Å². The first-order valence-corrected chi connectivity index (χ1v) is 7.17. The highest BCUT2D eigenvalue weighted by Crippen LogP contribution is 2.56. The van der Waals surface area contributed by atoms with E-state index in [-0.39, 0.29) is 5.97 Å². The van der Waals surface area contributed by atoms with Crippen LogP contribution in [0.4, 0.5) is 0 Å². The van der Waals surface area contributed by atoms with E-state index < -0.39 is 5.41 Å². The minimum absolute atomic E-state index is 0.164. The first kappa shape index (κ1) is 12.5. The van der Waals surface area contributed by atoms with Gasteiger partial charge in [0.2, 0.25) is 0 Å². The van der Waals surface area contributed by atoms with Crippen LogP contribution in [0.15, 0.2) is 42.5 Å². The summed E-state index contributed by atoms with van der Waals surface area (Å²) in [6.45, 7) is 2.17. The number of fused-ring (bicyclic) bond motifs is 4. The Balaban J connectivity index is 2.01. The number of ether oxygens (including phenoxy) is 2. The maximum atomic E-state index is 12.7. The SMILES string of the molecule is COc1ccc2c(c1)C1(CC(C)c3ccccc31)C(=O)O2. The molecule has 4 rings (SSSR count). The molecule has 3 nitrogen and oxygen atoms in total. The lowest BCUT2D eigenvalue weighted by molar-refractivity contribution is -0.136. The van der Waals surface area contributed by atoms with Gasteiger partial charge in [-0.1, -0.05) is 31.2 Å². The van der Waals surface area contributed by atoms with Crippen LogP contribution < -0.4 is 9.47 Å². The fourth-order valence-electron chi connectivity index (χ4n) is 3.80. The molecule has 1 aliphatic heterocycles. The monoisotopic (exact) mass is 280 g/mol. The minimum atomic E-state index is -0.667. The van der Waals surface area contributed by atoms with Gasteiger partial charge in [0.15, 0.2) is 0 Å². The second-order valence-corrected chi connectivity index (χ2v) is 5.85. The summed E-state index contributed by atoms with van der Waals surface area (Å²) in [6.07, 6.45) is 0.755. The Kier molecular flexibility index (Phi) is 2.43. The lowest BCUT2D eigenvalue weighted by Gasteiger charge is -2.21. The van der Waals surface area contributed by atoms with Crippen molar-refractivity contribution in [2.24, 2.45) is 0 Å². The van der Waals surface area contributed by atoms with Crippen LogP contribution in [0.25, 0.3) is 0 Å². The average molecular weight is 280 g/mol. The van der Waals surface area contributed by atoms with Crippen LogP contribution in [0.1, 0.15) is 36.0 Å². The Hall–Kier alpha value is -2.29. The van der Waals surface area contributed by atoms with Gasteiger partial charge in [0, 0.05) is 5.56 Å². The molecule has 0 bridgehead atoms. The van der Waals surface area contributed by atoms with Crippen molar-refractivity contribution in [1.82, 2.24) is 0 Å². The van der Waals surface area contributed by atoms with E-state index in [1.165, 1.54) is 5.56 Å². The van der Waals surface area contributed by atoms with E-state index >= 15 is 0 Å². The molecule has 2 unspecified atom stereocenters. The molecule has 0 fully saturated rings. The van der Waals surface area contributed by atoms with Crippen molar-refractivity contribution in [3.05, 3.63) is 59.2 Å². The molecule has 2 aromatic rings. The molecule has 1 aliphatic carbocycles.